The highest BCUT2D eigenvalue weighted by Crippen LogP contribution is 2.15. The molecule has 0 bridgehead atoms. The first-order valence-electron chi connectivity index (χ1n) is 5.44. The van der Waals surface area contributed by atoms with E-state index in [1.165, 1.54) is 6.08 Å². The van der Waals surface area contributed by atoms with E-state index in [-0.39, 0.29) is 0 Å². The van der Waals surface area contributed by atoms with E-state index in [1.54, 1.807) is 19.1 Å². The van der Waals surface area contributed by atoms with Gasteiger partial charge in [-0.15, -0.1) is 0 Å². The van der Waals surface area contributed by atoms with Gasteiger partial charge in [-0.3, -0.25) is 4.79 Å². The number of rotatable bonds is 4. The van der Waals surface area contributed by atoms with Crippen LogP contribution in [0.2, 0.25) is 0 Å². The van der Waals surface area contributed by atoms with Gasteiger partial charge in [-0.25, -0.2) is 8.42 Å². The number of ether oxygens (including phenoxy) is 1. The van der Waals surface area contributed by atoms with Crippen LogP contribution in [-0.4, -0.2) is 26.5 Å². The summed E-state index contributed by atoms with van der Waals surface area (Å²) in [6.07, 6.45) is 1.05. The molecular weight excluding hydrogens is 254 g/mol. The van der Waals surface area contributed by atoms with Crippen LogP contribution in [0.15, 0.2) is 35.7 Å². The summed E-state index contributed by atoms with van der Waals surface area (Å²) in [5.41, 5.74) is 0.770. The van der Waals surface area contributed by atoms with Crippen LogP contribution >= 0.6 is 0 Å². The molecule has 1 aromatic carbocycles. The monoisotopic (exact) mass is 267 g/mol. The van der Waals surface area contributed by atoms with Gasteiger partial charge in [0, 0.05) is 5.41 Å². The molecule has 1 heterocycles. The third kappa shape index (κ3) is 2.96. The molecule has 1 fully saturated rings. The molecule has 1 aliphatic heterocycles. The second-order valence-electron chi connectivity index (χ2n) is 4.00. The third-order valence-electron chi connectivity index (χ3n) is 2.56. The minimum atomic E-state index is -3.64. The van der Waals surface area contributed by atoms with Gasteiger partial charge in [0.1, 0.15) is 6.10 Å². The Hall–Kier alpha value is -1.66. The van der Waals surface area contributed by atoms with Crippen LogP contribution in [0.4, 0.5) is 0 Å². The van der Waals surface area contributed by atoms with Crippen molar-refractivity contribution in [3.8, 4) is 0 Å². The molecule has 1 saturated heterocycles. The maximum atomic E-state index is 11.7. The molecule has 0 aromatic heterocycles. The van der Waals surface area contributed by atoms with Crippen molar-refractivity contribution < 1.29 is 17.9 Å². The fraction of sp³-hybridized carbons (Fsp3) is 0.250. The SMILES string of the molecule is C[C@@H]1OC(=O)[C@H]1NS(=O)(=O)/C=C/c1ccccc1. The molecule has 5 nitrogen and oxygen atoms in total. The Bertz CT molecular complexity index is 565. The predicted molar refractivity (Wildman–Crippen MR) is 66.9 cm³/mol. The average Bonchev–Trinajstić information content (AvgIpc) is 2.36. The van der Waals surface area contributed by atoms with Crippen LogP contribution in [-0.2, 0) is 19.6 Å². The molecule has 2 atom stereocenters. The molecule has 1 N–H and O–H groups in total. The molecule has 18 heavy (non-hydrogen) atoms. The molecule has 1 aromatic rings. The summed E-state index contributed by atoms with van der Waals surface area (Å²) in [5.74, 6) is -0.542. The highest BCUT2D eigenvalue weighted by molar-refractivity contribution is 7.92. The van der Waals surface area contributed by atoms with Gasteiger partial charge >= 0.3 is 5.97 Å². The van der Waals surface area contributed by atoms with Gasteiger partial charge in [-0.1, -0.05) is 30.3 Å². The van der Waals surface area contributed by atoms with Crippen LogP contribution in [0.1, 0.15) is 12.5 Å². The maximum Gasteiger partial charge on any atom is 0.328 e. The minimum absolute atomic E-state index is 0.419. The number of esters is 1. The average molecular weight is 267 g/mol. The Morgan fingerprint density at radius 2 is 1.94 bits per heavy atom. The van der Waals surface area contributed by atoms with Crippen molar-refractivity contribution in [2.24, 2.45) is 0 Å². The summed E-state index contributed by atoms with van der Waals surface area (Å²) in [7, 11) is -3.64. The van der Waals surface area contributed by atoms with E-state index in [0.717, 1.165) is 11.0 Å². The van der Waals surface area contributed by atoms with Crippen molar-refractivity contribution in [2.45, 2.75) is 19.1 Å². The second kappa shape index (κ2) is 4.91. The molecule has 0 aliphatic carbocycles. The first kappa shape index (κ1) is 12.8. The van der Waals surface area contributed by atoms with Crippen molar-refractivity contribution in [1.29, 1.82) is 0 Å². The number of hydrogen-bond donors (Lipinski definition) is 1. The van der Waals surface area contributed by atoms with Crippen molar-refractivity contribution in [3.63, 3.8) is 0 Å². The molecule has 0 saturated carbocycles. The quantitative estimate of drug-likeness (QED) is 0.822. The molecule has 0 amide bonds. The summed E-state index contributed by atoms with van der Waals surface area (Å²) < 4.78 is 30.3. The predicted octanol–water partition coefficient (Wildman–Crippen LogP) is 0.891. The lowest BCUT2D eigenvalue weighted by atomic mass is 10.1. The van der Waals surface area contributed by atoms with E-state index in [1.807, 2.05) is 18.2 Å². The van der Waals surface area contributed by atoms with Crippen molar-refractivity contribution >= 4 is 22.1 Å². The number of sulfonamides is 1. The lowest BCUT2D eigenvalue weighted by molar-refractivity contribution is -0.173. The van der Waals surface area contributed by atoms with Crippen LogP contribution in [0.5, 0.6) is 0 Å². The van der Waals surface area contributed by atoms with Gasteiger partial charge in [0.25, 0.3) is 0 Å². The number of hydrogen-bond acceptors (Lipinski definition) is 4. The van der Waals surface area contributed by atoms with E-state index in [2.05, 4.69) is 9.46 Å². The Labute approximate surface area is 106 Å². The lowest BCUT2D eigenvalue weighted by Gasteiger charge is -2.31. The van der Waals surface area contributed by atoms with E-state index in [9.17, 15) is 13.2 Å². The lowest BCUT2D eigenvalue weighted by Crippen LogP contribution is -2.58. The molecule has 2 rings (SSSR count). The smallest absolute Gasteiger partial charge is 0.328 e. The van der Waals surface area contributed by atoms with Crippen LogP contribution in [0, 0.1) is 0 Å². The van der Waals surface area contributed by atoms with Crippen LogP contribution < -0.4 is 4.72 Å². The summed E-state index contributed by atoms with van der Waals surface area (Å²) in [4.78, 5) is 11.0. The Morgan fingerprint density at radius 1 is 1.28 bits per heavy atom. The fourth-order valence-corrected chi connectivity index (χ4v) is 2.59. The number of carbonyl (C=O) groups excluding carboxylic acids is 1. The second-order valence-corrected chi connectivity index (χ2v) is 5.59. The number of cyclic esters (lactones) is 1. The molecule has 0 radical (unpaired) electrons. The van der Waals surface area contributed by atoms with Crippen LogP contribution in [0.3, 0.4) is 0 Å². The van der Waals surface area contributed by atoms with Gasteiger partial charge < -0.3 is 4.74 Å². The zero-order chi connectivity index (χ0) is 13.2. The van der Waals surface area contributed by atoms with Gasteiger partial charge in [0.05, 0.1) is 0 Å². The zero-order valence-electron chi connectivity index (χ0n) is 9.74. The topological polar surface area (TPSA) is 72.5 Å². The van der Waals surface area contributed by atoms with Gasteiger partial charge in [-0.2, -0.15) is 4.72 Å². The highest BCUT2D eigenvalue weighted by Gasteiger charge is 2.41. The van der Waals surface area contributed by atoms with E-state index in [0.29, 0.717) is 0 Å². The number of benzene rings is 1. The van der Waals surface area contributed by atoms with E-state index in [4.69, 9.17) is 0 Å². The molecular formula is C12H13NO4S. The summed E-state index contributed by atoms with van der Waals surface area (Å²) in [6, 6.07) is 8.25. The molecule has 6 heteroatoms. The van der Waals surface area contributed by atoms with E-state index < -0.39 is 28.1 Å². The summed E-state index contributed by atoms with van der Waals surface area (Å²) >= 11 is 0. The molecule has 0 spiro atoms. The number of nitrogens with one attached hydrogen (secondary N) is 1. The first-order valence-corrected chi connectivity index (χ1v) is 6.98. The Morgan fingerprint density at radius 3 is 2.50 bits per heavy atom. The Kier molecular flexibility index (Phi) is 3.49. The van der Waals surface area contributed by atoms with Crippen molar-refractivity contribution in [2.75, 3.05) is 0 Å². The van der Waals surface area contributed by atoms with Gasteiger partial charge in [-0.05, 0) is 18.6 Å². The highest BCUT2D eigenvalue weighted by atomic mass is 32.2. The molecule has 0 unspecified atom stereocenters. The summed E-state index contributed by atoms with van der Waals surface area (Å²) in [5, 5.41) is 1.04. The van der Waals surface area contributed by atoms with Crippen molar-refractivity contribution in [3.05, 3.63) is 41.3 Å². The standard InChI is InChI=1S/C12H13NO4S/c1-9-11(12(14)17-9)13-18(15,16)8-7-10-5-3-2-4-6-10/h2-9,11,13H,1H3/b8-7+/t9-,11-/m0/s1. The molecule has 1 aliphatic rings. The number of carbonyl (C=O) groups is 1. The zero-order valence-corrected chi connectivity index (χ0v) is 10.6. The van der Waals surface area contributed by atoms with E-state index >= 15 is 0 Å². The van der Waals surface area contributed by atoms with Gasteiger partial charge in [0.2, 0.25) is 10.0 Å². The largest absolute Gasteiger partial charge is 0.459 e. The van der Waals surface area contributed by atoms with Crippen molar-refractivity contribution in [1.82, 2.24) is 4.72 Å². The normalized spacial score (nSPS) is 23.7. The Balaban J connectivity index is 2.04. The minimum Gasteiger partial charge on any atom is -0.459 e. The fourth-order valence-electron chi connectivity index (χ4n) is 1.54. The third-order valence-corrected chi connectivity index (χ3v) is 3.63. The van der Waals surface area contributed by atoms with Crippen LogP contribution in [0.25, 0.3) is 6.08 Å². The van der Waals surface area contributed by atoms with Gasteiger partial charge in [0.15, 0.2) is 6.04 Å². The first-order chi connectivity index (χ1) is 8.48. The summed E-state index contributed by atoms with van der Waals surface area (Å²) in [6.45, 7) is 1.63. The molecule has 96 valence electrons. The maximum absolute atomic E-state index is 11.7.